The van der Waals surface area contributed by atoms with Crippen LogP contribution in [0.3, 0.4) is 0 Å². The summed E-state index contributed by atoms with van der Waals surface area (Å²) in [4.78, 5) is 0. The van der Waals surface area contributed by atoms with Crippen LogP contribution in [0.15, 0.2) is 0 Å². The van der Waals surface area contributed by atoms with E-state index in [1.165, 1.54) is 0 Å². The first-order chi connectivity index (χ1) is 2.00. The van der Waals surface area contributed by atoms with Gasteiger partial charge in [-0.1, -0.05) is 0 Å². The van der Waals surface area contributed by atoms with Crippen molar-refractivity contribution < 1.29 is 36.1 Å². The van der Waals surface area contributed by atoms with Crippen LogP contribution < -0.4 is 18.9 Å². The fraction of sp³-hybridized carbons (Fsp3) is 0. The number of halogens is 4. The molecule has 0 rings (SSSR count). The molecule has 0 aliphatic heterocycles. The van der Waals surface area contributed by atoms with Gasteiger partial charge >= 0.3 is 55.7 Å². The number of rotatable bonds is 0. The molecule has 0 nitrogen and oxygen atoms in total. The Hall–Kier alpha value is 1.38. The molecule has 0 N–H and O–H groups in total. The third-order valence-electron chi connectivity index (χ3n) is 0. The first-order valence-corrected chi connectivity index (χ1v) is 0.873. The van der Waals surface area contributed by atoms with Crippen LogP contribution in [0.5, 0.6) is 0 Å². The minimum atomic E-state index is -6.00. The van der Waals surface area contributed by atoms with Crippen molar-refractivity contribution in [3.8, 4) is 0 Å². The zero-order valence-electron chi connectivity index (χ0n) is 3.09. The standard InChI is InChI=1S/BF4.Li.Na.H/c2-1(3,4)5;;;/q-1;+1;;. The second-order valence-corrected chi connectivity index (χ2v) is 0.495. The zero-order valence-corrected chi connectivity index (χ0v) is 3.09. The van der Waals surface area contributed by atoms with Crippen molar-refractivity contribution in [2.75, 3.05) is 0 Å². The van der Waals surface area contributed by atoms with Crippen molar-refractivity contribution in [1.82, 2.24) is 0 Å². The molecule has 0 bridgehead atoms. The number of hydrogen-bond donors (Lipinski definition) is 0. The van der Waals surface area contributed by atoms with Crippen molar-refractivity contribution >= 4 is 36.8 Å². The van der Waals surface area contributed by atoms with Crippen molar-refractivity contribution in [3.63, 3.8) is 0 Å². The predicted molar refractivity (Wildman–Crippen MR) is 17.3 cm³/mol. The molecule has 0 saturated carbocycles. The molecule has 0 heterocycles. The van der Waals surface area contributed by atoms with E-state index in [0.29, 0.717) is 0 Å². The van der Waals surface area contributed by atoms with Gasteiger partial charge in [0, 0.05) is 0 Å². The van der Waals surface area contributed by atoms with Gasteiger partial charge < -0.3 is 17.3 Å². The van der Waals surface area contributed by atoms with Crippen LogP contribution in [0.25, 0.3) is 0 Å². The summed E-state index contributed by atoms with van der Waals surface area (Å²) in [6.07, 6.45) is 0. The first-order valence-electron chi connectivity index (χ1n) is 0.873. The summed E-state index contributed by atoms with van der Waals surface area (Å²) in [5.74, 6) is 0. The Morgan fingerprint density at radius 3 is 0.857 bits per heavy atom. The molecule has 0 fully saturated rings. The number of hydrogen-bond acceptors (Lipinski definition) is 0. The predicted octanol–water partition coefficient (Wildman–Crippen LogP) is -2.34. The molecule has 0 aromatic carbocycles. The first kappa shape index (κ1) is 15.8. The van der Waals surface area contributed by atoms with Gasteiger partial charge in [-0.25, -0.2) is 0 Å². The molecule has 0 aromatic heterocycles. The van der Waals surface area contributed by atoms with E-state index in [-0.39, 0.29) is 48.4 Å². The van der Waals surface area contributed by atoms with Crippen molar-refractivity contribution in [3.05, 3.63) is 0 Å². The third-order valence-corrected chi connectivity index (χ3v) is 0. The summed E-state index contributed by atoms with van der Waals surface area (Å²) in [5.41, 5.74) is 0. The molecular formula is HBF4LiNa. The van der Waals surface area contributed by atoms with Gasteiger partial charge in [0.25, 0.3) is 0 Å². The van der Waals surface area contributed by atoms with Gasteiger partial charge in [0.15, 0.2) is 0 Å². The van der Waals surface area contributed by atoms with Crippen LogP contribution in [0.4, 0.5) is 17.3 Å². The van der Waals surface area contributed by atoms with Gasteiger partial charge in [0.1, 0.15) is 0 Å². The van der Waals surface area contributed by atoms with E-state index in [0.717, 1.165) is 0 Å². The summed E-state index contributed by atoms with van der Waals surface area (Å²) < 4.78 is 39.0. The van der Waals surface area contributed by atoms with E-state index < -0.39 is 7.25 Å². The molecule has 0 aromatic rings. The molecule has 0 atom stereocenters. The maximum absolute atomic E-state index is 9.75. The van der Waals surface area contributed by atoms with E-state index in [2.05, 4.69) is 0 Å². The molecule has 0 amide bonds. The Kier molecular flexibility index (Phi) is 12.4. The molecule has 0 aliphatic carbocycles. The Morgan fingerprint density at radius 2 is 0.857 bits per heavy atom. The van der Waals surface area contributed by atoms with Gasteiger partial charge in [-0.3, -0.25) is 0 Å². The van der Waals surface area contributed by atoms with Gasteiger partial charge in [0.2, 0.25) is 0 Å². The van der Waals surface area contributed by atoms with Crippen LogP contribution in [-0.2, 0) is 0 Å². The summed E-state index contributed by atoms with van der Waals surface area (Å²) >= 11 is 0. The van der Waals surface area contributed by atoms with Gasteiger partial charge in [0.05, 0.1) is 0 Å². The fourth-order valence-electron chi connectivity index (χ4n) is 0. The van der Waals surface area contributed by atoms with Crippen molar-refractivity contribution in [2.45, 2.75) is 0 Å². The van der Waals surface area contributed by atoms with E-state index in [9.17, 15) is 17.3 Å². The fourth-order valence-corrected chi connectivity index (χ4v) is 0. The Bertz CT molecular complexity index is 27.2. The Morgan fingerprint density at radius 1 is 0.857 bits per heavy atom. The van der Waals surface area contributed by atoms with Crippen LogP contribution in [0, 0.1) is 0 Å². The molecule has 0 unspecified atom stereocenters. The minimum absolute atomic E-state index is 0. The topological polar surface area (TPSA) is 0 Å². The van der Waals surface area contributed by atoms with E-state index in [1.54, 1.807) is 0 Å². The summed E-state index contributed by atoms with van der Waals surface area (Å²) in [5, 5.41) is 0. The molecule has 7 heteroatoms. The van der Waals surface area contributed by atoms with E-state index in [1.807, 2.05) is 0 Å². The maximum atomic E-state index is 9.75. The normalized spacial score (nSPS) is 8.57. The average Bonchev–Trinajstić information content (AvgIpc) is 0.722. The molecule has 0 aliphatic rings. The van der Waals surface area contributed by atoms with Crippen LogP contribution in [0.2, 0.25) is 0 Å². The molecule has 0 saturated heterocycles. The van der Waals surface area contributed by atoms with Gasteiger partial charge in [-0.05, 0) is 0 Å². The molecule has 34 valence electrons. The second-order valence-electron chi connectivity index (χ2n) is 0.495. The van der Waals surface area contributed by atoms with Crippen molar-refractivity contribution in [1.29, 1.82) is 0 Å². The Labute approximate surface area is 72.6 Å². The van der Waals surface area contributed by atoms with Crippen LogP contribution in [0.1, 0.15) is 0 Å². The second kappa shape index (κ2) is 5.52. The van der Waals surface area contributed by atoms with E-state index in [4.69, 9.17) is 0 Å². The summed E-state index contributed by atoms with van der Waals surface area (Å²) in [7, 11) is -6.00. The van der Waals surface area contributed by atoms with Crippen LogP contribution in [-0.4, -0.2) is 36.8 Å². The SMILES string of the molecule is F[B-](F)(F)F.[Li+].[NaH]. The summed E-state index contributed by atoms with van der Waals surface area (Å²) in [6.45, 7) is 0. The quantitative estimate of drug-likeness (QED) is 0.247. The van der Waals surface area contributed by atoms with E-state index >= 15 is 0 Å². The average molecular weight is 118 g/mol. The molecule has 0 radical (unpaired) electrons. The van der Waals surface area contributed by atoms with Crippen LogP contribution >= 0.6 is 0 Å². The molecule has 7 heavy (non-hydrogen) atoms. The zero-order chi connectivity index (χ0) is 4.50. The summed E-state index contributed by atoms with van der Waals surface area (Å²) in [6, 6.07) is 0. The monoisotopic (exact) mass is 118 g/mol. The van der Waals surface area contributed by atoms with Gasteiger partial charge in [-0.15, -0.1) is 0 Å². The third kappa shape index (κ3) is 112. The van der Waals surface area contributed by atoms with Crippen molar-refractivity contribution in [2.24, 2.45) is 0 Å². The van der Waals surface area contributed by atoms with Gasteiger partial charge in [-0.2, -0.15) is 0 Å². The Balaban J connectivity index is -0.0000000800. The molecular weight excluding hydrogens is 117 g/mol. The molecule has 0 spiro atoms.